The monoisotopic (exact) mass is 296 g/mol. The lowest BCUT2D eigenvalue weighted by molar-refractivity contribution is -0.123. The first-order valence-corrected chi connectivity index (χ1v) is 7.21. The van der Waals surface area contributed by atoms with Crippen molar-refractivity contribution in [2.45, 2.75) is 38.8 Å². The highest BCUT2D eigenvalue weighted by Crippen LogP contribution is 2.25. The van der Waals surface area contributed by atoms with Gasteiger partial charge in [-0.2, -0.15) is 0 Å². The van der Waals surface area contributed by atoms with Crippen molar-refractivity contribution in [3.05, 3.63) is 18.3 Å². The van der Waals surface area contributed by atoms with E-state index >= 15 is 0 Å². The number of carbonyl (C=O) groups is 1. The average Bonchev–Trinajstić information content (AvgIpc) is 2.40. The van der Waals surface area contributed by atoms with E-state index in [0.29, 0.717) is 17.7 Å². The molecule has 1 saturated carbocycles. The fraction of sp³-hybridized carbons (Fsp3) is 0.571. The number of rotatable bonds is 7. The number of nitrogens with one attached hydrogen (secondary N) is 1. The van der Waals surface area contributed by atoms with Crippen molar-refractivity contribution >= 4 is 18.6 Å². The number of carbonyl (C=O) groups excluding carboxylic acids is 1. The van der Waals surface area contributed by atoms with Gasteiger partial charge in [0.15, 0.2) is 5.78 Å². The highest BCUT2D eigenvalue weighted by Gasteiger charge is 2.30. The molecule has 0 aromatic carbocycles. The van der Waals surface area contributed by atoms with Crippen molar-refractivity contribution < 1.29 is 14.3 Å². The van der Waals surface area contributed by atoms with Crippen LogP contribution in [-0.2, 0) is 4.79 Å². The molecule has 1 aliphatic carbocycles. The first-order valence-electron chi connectivity index (χ1n) is 6.76. The van der Waals surface area contributed by atoms with Crippen LogP contribution in [0, 0.1) is 5.92 Å². The summed E-state index contributed by atoms with van der Waals surface area (Å²) < 4.78 is 14.0. The Balaban J connectivity index is 1.77. The Kier molecular flexibility index (Phi) is 5.25. The maximum atomic E-state index is 11.5. The van der Waals surface area contributed by atoms with Crippen LogP contribution in [0.25, 0.3) is 0 Å². The van der Waals surface area contributed by atoms with E-state index in [1.807, 2.05) is 13.8 Å². The van der Waals surface area contributed by atoms with Gasteiger partial charge in [-0.15, -0.1) is 0 Å². The van der Waals surface area contributed by atoms with Gasteiger partial charge in [0.2, 0.25) is 5.88 Å². The van der Waals surface area contributed by atoms with Gasteiger partial charge in [0.05, 0.1) is 6.20 Å². The molecule has 5 nitrogen and oxygen atoms in total. The summed E-state index contributed by atoms with van der Waals surface area (Å²) in [5, 5.41) is 0. The average molecular weight is 296 g/mol. The van der Waals surface area contributed by atoms with Gasteiger partial charge >= 0.3 is 0 Å². The minimum absolute atomic E-state index is 0.0161. The number of ether oxygens (including phenoxy) is 2. The highest BCUT2D eigenvalue weighted by molar-refractivity contribution is 7.78. The van der Waals surface area contributed by atoms with Crippen LogP contribution in [0.5, 0.6) is 11.6 Å². The second-order valence-electron chi connectivity index (χ2n) is 5.28. The van der Waals surface area contributed by atoms with Gasteiger partial charge in [-0.25, -0.2) is 4.98 Å². The van der Waals surface area contributed by atoms with Crippen LogP contribution in [0.3, 0.4) is 0 Å². The molecule has 1 aliphatic rings. The first kappa shape index (κ1) is 15.1. The molecule has 0 radical (unpaired) electrons. The number of pyridine rings is 1. The van der Waals surface area contributed by atoms with Gasteiger partial charge in [0.25, 0.3) is 0 Å². The number of hydrogen-bond acceptors (Lipinski definition) is 6. The van der Waals surface area contributed by atoms with Crippen LogP contribution in [0.15, 0.2) is 18.3 Å². The number of nitrogens with zero attached hydrogens (tertiary/aromatic N) is 1. The molecule has 1 N–H and O–H groups in total. The summed E-state index contributed by atoms with van der Waals surface area (Å²) in [5.74, 6) is 1.22. The summed E-state index contributed by atoms with van der Waals surface area (Å²) >= 11 is 4.02. The molecule has 1 aromatic heterocycles. The van der Waals surface area contributed by atoms with Crippen molar-refractivity contribution in [1.82, 2.24) is 9.71 Å². The van der Waals surface area contributed by atoms with Crippen LogP contribution in [-0.4, -0.2) is 29.5 Å². The molecule has 1 aromatic rings. The number of aromatic nitrogens is 1. The zero-order valence-electron chi connectivity index (χ0n) is 11.7. The Morgan fingerprint density at radius 1 is 1.50 bits per heavy atom. The first-order chi connectivity index (χ1) is 9.58. The van der Waals surface area contributed by atoms with E-state index in [1.54, 1.807) is 18.3 Å². The lowest BCUT2D eigenvalue weighted by Gasteiger charge is -2.34. The smallest absolute Gasteiger partial charge is 0.213 e. The van der Waals surface area contributed by atoms with E-state index in [0.717, 1.165) is 12.8 Å². The molecule has 0 amide bonds. The molecular formula is C14H20N2O3S. The van der Waals surface area contributed by atoms with Crippen molar-refractivity contribution in [3.63, 3.8) is 0 Å². The molecular weight excluding hydrogens is 276 g/mol. The standard InChI is InChI=1S/C14H20N2O3S/c1-9(2)13(17)8-18-11-3-4-14(15-7-11)19-12-5-10(6-12)16-20/h3-4,7,9-10,12,16,20H,5-6,8H2,1-2H3. The zero-order chi connectivity index (χ0) is 14.5. The van der Waals surface area contributed by atoms with E-state index < -0.39 is 0 Å². The number of ketones is 1. The summed E-state index contributed by atoms with van der Waals surface area (Å²) in [6.07, 6.45) is 3.65. The number of hydrogen-bond donors (Lipinski definition) is 2. The predicted octanol–water partition coefficient (Wildman–Crippen LogP) is 2.03. The second kappa shape index (κ2) is 6.95. The largest absolute Gasteiger partial charge is 0.484 e. The number of Topliss-reactive ketones (excluding diaryl/α,β-unsaturated/α-hetero) is 1. The maximum Gasteiger partial charge on any atom is 0.213 e. The maximum absolute atomic E-state index is 11.5. The molecule has 0 atom stereocenters. The van der Waals surface area contributed by atoms with E-state index in [9.17, 15) is 4.79 Å². The van der Waals surface area contributed by atoms with Crippen LogP contribution < -0.4 is 14.2 Å². The summed E-state index contributed by atoms with van der Waals surface area (Å²) in [7, 11) is 0. The third-order valence-corrected chi connectivity index (χ3v) is 3.66. The van der Waals surface area contributed by atoms with E-state index in [2.05, 4.69) is 22.5 Å². The van der Waals surface area contributed by atoms with Crippen LogP contribution in [0.2, 0.25) is 0 Å². The fourth-order valence-electron chi connectivity index (χ4n) is 1.78. The second-order valence-corrected chi connectivity index (χ2v) is 5.54. The summed E-state index contributed by atoms with van der Waals surface area (Å²) in [5.41, 5.74) is 0. The van der Waals surface area contributed by atoms with Gasteiger partial charge in [0, 0.05) is 30.9 Å². The quantitative estimate of drug-likeness (QED) is 0.754. The van der Waals surface area contributed by atoms with Gasteiger partial charge < -0.3 is 9.47 Å². The van der Waals surface area contributed by atoms with Crippen LogP contribution >= 0.6 is 12.8 Å². The van der Waals surface area contributed by atoms with Crippen LogP contribution in [0.4, 0.5) is 0 Å². The normalized spacial score (nSPS) is 21.4. The Hall–Kier alpha value is -1.27. The molecule has 0 unspecified atom stereocenters. The highest BCUT2D eigenvalue weighted by atomic mass is 32.1. The van der Waals surface area contributed by atoms with E-state index in [1.165, 1.54) is 0 Å². The Morgan fingerprint density at radius 3 is 2.80 bits per heavy atom. The van der Waals surface area contributed by atoms with Crippen molar-refractivity contribution in [3.8, 4) is 11.6 Å². The Morgan fingerprint density at radius 2 is 2.25 bits per heavy atom. The molecule has 0 saturated heterocycles. The number of thiol groups is 1. The lowest BCUT2D eigenvalue weighted by atomic mass is 9.90. The summed E-state index contributed by atoms with van der Waals surface area (Å²) in [6.45, 7) is 3.79. The molecule has 2 rings (SSSR count). The zero-order valence-corrected chi connectivity index (χ0v) is 12.6. The van der Waals surface area contributed by atoms with Gasteiger partial charge in [-0.3, -0.25) is 9.52 Å². The SMILES string of the molecule is CC(C)C(=O)COc1ccc(OC2CC(NS)C2)nc1. The topological polar surface area (TPSA) is 60.5 Å². The molecule has 0 bridgehead atoms. The Labute approximate surface area is 124 Å². The van der Waals surface area contributed by atoms with Crippen molar-refractivity contribution in [2.75, 3.05) is 6.61 Å². The van der Waals surface area contributed by atoms with E-state index in [-0.39, 0.29) is 24.4 Å². The van der Waals surface area contributed by atoms with Crippen LogP contribution in [0.1, 0.15) is 26.7 Å². The molecule has 6 heteroatoms. The minimum atomic E-state index is -0.0161. The predicted molar refractivity (Wildman–Crippen MR) is 79.1 cm³/mol. The Bertz CT molecular complexity index is 444. The van der Waals surface area contributed by atoms with Crippen molar-refractivity contribution in [2.24, 2.45) is 5.92 Å². The third kappa shape index (κ3) is 4.11. The molecule has 20 heavy (non-hydrogen) atoms. The molecule has 1 fully saturated rings. The fourth-order valence-corrected chi connectivity index (χ4v) is 1.99. The van der Waals surface area contributed by atoms with E-state index in [4.69, 9.17) is 9.47 Å². The summed E-state index contributed by atoms with van der Waals surface area (Å²) in [6, 6.07) is 3.95. The lowest BCUT2D eigenvalue weighted by Crippen LogP contribution is -2.43. The molecule has 0 spiro atoms. The summed E-state index contributed by atoms with van der Waals surface area (Å²) in [4.78, 5) is 15.6. The molecule has 1 heterocycles. The van der Waals surface area contributed by atoms with Crippen molar-refractivity contribution in [1.29, 1.82) is 0 Å². The van der Waals surface area contributed by atoms with Gasteiger partial charge in [-0.1, -0.05) is 26.7 Å². The molecule has 110 valence electrons. The molecule has 0 aliphatic heterocycles. The minimum Gasteiger partial charge on any atom is -0.484 e. The third-order valence-electron chi connectivity index (χ3n) is 3.30. The van der Waals surface area contributed by atoms with Gasteiger partial charge in [0.1, 0.15) is 18.5 Å². The van der Waals surface area contributed by atoms with Gasteiger partial charge in [-0.05, 0) is 6.07 Å².